The molecule has 5 nitrogen and oxygen atoms in total. The highest BCUT2D eigenvalue weighted by Crippen LogP contribution is 2.20. The van der Waals surface area contributed by atoms with Crippen molar-refractivity contribution >= 4 is 6.09 Å². The van der Waals surface area contributed by atoms with E-state index in [1.165, 1.54) is 6.08 Å². The number of carbonyl (C=O) groups excluding carboxylic acids is 1. The summed E-state index contributed by atoms with van der Waals surface area (Å²) in [5, 5.41) is 2.60. The smallest absolute Gasteiger partial charge is 0.407 e. The lowest BCUT2D eigenvalue weighted by Gasteiger charge is -2.15. The minimum atomic E-state index is -0.592. The standard InChI is InChI=1S/C21H28FNO4/c1-16(2)18(4)20(14-17(3)22)26-13-12-25-11-10-23-21(24)27-15-19-8-6-5-7-9-19/h5-9,14,16H,3-4,10-13,15H2,1-2H3,(H,23,24)/b20-14+. The Hall–Kier alpha value is -2.60. The number of rotatable bonds is 12. The molecule has 0 heterocycles. The predicted molar refractivity (Wildman–Crippen MR) is 104 cm³/mol. The Bertz CT molecular complexity index is 641. The number of carbonyl (C=O) groups is 1. The Kier molecular flexibility index (Phi) is 10.6. The number of allylic oxidation sites excluding steroid dienone is 3. The molecule has 0 aliphatic carbocycles. The van der Waals surface area contributed by atoms with Gasteiger partial charge >= 0.3 is 6.09 Å². The molecule has 0 unspecified atom stereocenters. The normalized spacial score (nSPS) is 11.2. The third-order valence-corrected chi connectivity index (χ3v) is 3.51. The Balaban J connectivity index is 2.14. The van der Waals surface area contributed by atoms with Crippen LogP contribution in [0.3, 0.4) is 0 Å². The highest BCUT2D eigenvalue weighted by molar-refractivity contribution is 5.67. The van der Waals surface area contributed by atoms with E-state index in [-0.39, 0.29) is 19.1 Å². The zero-order valence-corrected chi connectivity index (χ0v) is 16.0. The summed E-state index contributed by atoms with van der Waals surface area (Å²) >= 11 is 0. The number of nitrogens with one attached hydrogen (secondary N) is 1. The summed E-state index contributed by atoms with van der Waals surface area (Å²) in [7, 11) is 0. The van der Waals surface area contributed by atoms with Crippen molar-refractivity contribution in [3.8, 4) is 0 Å². The lowest BCUT2D eigenvalue weighted by Crippen LogP contribution is -2.28. The fourth-order valence-electron chi connectivity index (χ4n) is 1.97. The van der Waals surface area contributed by atoms with Crippen LogP contribution in [0.15, 0.2) is 66.7 Å². The number of amides is 1. The molecule has 27 heavy (non-hydrogen) atoms. The highest BCUT2D eigenvalue weighted by Gasteiger charge is 2.09. The van der Waals surface area contributed by atoms with Crippen molar-refractivity contribution in [2.24, 2.45) is 5.92 Å². The molecule has 0 aliphatic heterocycles. The molecule has 148 valence electrons. The third kappa shape index (κ3) is 10.2. The van der Waals surface area contributed by atoms with Gasteiger partial charge in [0.25, 0.3) is 0 Å². The summed E-state index contributed by atoms with van der Waals surface area (Å²) in [6.45, 7) is 12.4. The van der Waals surface area contributed by atoms with Crippen LogP contribution >= 0.6 is 0 Å². The van der Waals surface area contributed by atoms with Crippen LogP contribution < -0.4 is 5.32 Å². The second-order valence-corrected chi connectivity index (χ2v) is 6.08. The van der Waals surface area contributed by atoms with Gasteiger partial charge in [0.1, 0.15) is 24.8 Å². The maximum Gasteiger partial charge on any atom is 0.407 e. The van der Waals surface area contributed by atoms with Crippen LogP contribution in [0, 0.1) is 5.92 Å². The molecule has 0 saturated carbocycles. The fourth-order valence-corrected chi connectivity index (χ4v) is 1.97. The SMILES string of the molecule is C=C(F)/C=C(/OCCOCCNC(=O)OCc1ccccc1)C(=C)C(C)C. The molecule has 6 heteroatoms. The Morgan fingerprint density at radius 2 is 1.85 bits per heavy atom. The Morgan fingerprint density at radius 3 is 2.48 bits per heavy atom. The number of hydrogen-bond acceptors (Lipinski definition) is 4. The molecule has 0 spiro atoms. The maximum atomic E-state index is 13.0. The van der Waals surface area contributed by atoms with Crippen molar-refractivity contribution in [2.75, 3.05) is 26.4 Å². The topological polar surface area (TPSA) is 56.8 Å². The van der Waals surface area contributed by atoms with Crippen molar-refractivity contribution in [3.05, 3.63) is 72.3 Å². The van der Waals surface area contributed by atoms with Gasteiger partial charge < -0.3 is 19.5 Å². The van der Waals surface area contributed by atoms with Crippen LogP contribution in [0.4, 0.5) is 9.18 Å². The largest absolute Gasteiger partial charge is 0.491 e. The van der Waals surface area contributed by atoms with E-state index < -0.39 is 11.9 Å². The summed E-state index contributed by atoms with van der Waals surface area (Å²) in [4.78, 5) is 11.6. The number of hydrogen-bond donors (Lipinski definition) is 1. The summed E-state index contributed by atoms with van der Waals surface area (Å²) < 4.78 is 29.0. The van der Waals surface area contributed by atoms with Crippen LogP contribution in [-0.2, 0) is 20.8 Å². The van der Waals surface area contributed by atoms with Crippen LogP contribution in [-0.4, -0.2) is 32.5 Å². The molecule has 0 atom stereocenters. The van der Waals surface area contributed by atoms with E-state index in [4.69, 9.17) is 14.2 Å². The van der Waals surface area contributed by atoms with Crippen molar-refractivity contribution < 1.29 is 23.4 Å². The lowest BCUT2D eigenvalue weighted by atomic mass is 10.0. The second kappa shape index (κ2) is 12.7. The van der Waals surface area contributed by atoms with Crippen LogP contribution in [0.1, 0.15) is 19.4 Å². The molecule has 1 amide bonds. The number of alkyl carbamates (subject to hydrolysis) is 1. The van der Waals surface area contributed by atoms with Gasteiger partial charge in [0.15, 0.2) is 0 Å². The summed E-state index contributed by atoms with van der Waals surface area (Å²) in [6, 6.07) is 9.42. The Morgan fingerprint density at radius 1 is 1.15 bits per heavy atom. The maximum absolute atomic E-state index is 13.0. The first kappa shape index (κ1) is 22.4. The summed E-state index contributed by atoms with van der Waals surface area (Å²) in [6.07, 6.45) is 0.714. The van der Waals surface area contributed by atoms with Gasteiger partial charge in [-0.3, -0.25) is 0 Å². The second-order valence-electron chi connectivity index (χ2n) is 6.08. The number of ether oxygens (including phenoxy) is 3. The van der Waals surface area contributed by atoms with Gasteiger partial charge in [-0.2, -0.15) is 0 Å². The monoisotopic (exact) mass is 377 g/mol. The molecule has 0 aliphatic rings. The molecular weight excluding hydrogens is 349 g/mol. The van der Waals surface area contributed by atoms with E-state index in [2.05, 4.69) is 18.5 Å². The zero-order valence-electron chi connectivity index (χ0n) is 16.0. The lowest BCUT2D eigenvalue weighted by molar-refractivity contribution is 0.0762. The molecular formula is C21H28FNO4. The number of benzene rings is 1. The third-order valence-electron chi connectivity index (χ3n) is 3.51. The summed E-state index contributed by atoms with van der Waals surface area (Å²) in [5.41, 5.74) is 1.61. The van der Waals surface area contributed by atoms with E-state index >= 15 is 0 Å². The predicted octanol–water partition coefficient (Wildman–Crippen LogP) is 4.53. The van der Waals surface area contributed by atoms with E-state index in [0.717, 1.165) is 5.56 Å². The van der Waals surface area contributed by atoms with Crippen LogP contribution in [0.2, 0.25) is 0 Å². The van der Waals surface area contributed by atoms with Gasteiger partial charge in [-0.25, -0.2) is 9.18 Å². The van der Waals surface area contributed by atoms with Gasteiger partial charge in [-0.1, -0.05) is 57.3 Å². The fraction of sp³-hybridized carbons (Fsp3) is 0.381. The molecule has 1 aromatic carbocycles. The average Bonchev–Trinajstić information content (AvgIpc) is 2.64. The van der Waals surface area contributed by atoms with E-state index in [1.807, 2.05) is 44.2 Å². The first-order valence-corrected chi connectivity index (χ1v) is 8.80. The van der Waals surface area contributed by atoms with E-state index in [0.29, 0.717) is 31.1 Å². The molecule has 1 aromatic rings. The van der Waals surface area contributed by atoms with Crippen molar-refractivity contribution in [1.29, 1.82) is 0 Å². The molecule has 0 fully saturated rings. The zero-order chi connectivity index (χ0) is 20.1. The molecule has 1 N–H and O–H groups in total. The minimum Gasteiger partial charge on any atom is -0.491 e. The van der Waals surface area contributed by atoms with Gasteiger partial charge in [-0.15, -0.1) is 0 Å². The van der Waals surface area contributed by atoms with E-state index in [9.17, 15) is 9.18 Å². The molecule has 1 rings (SSSR count). The first-order chi connectivity index (χ1) is 12.9. The first-order valence-electron chi connectivity index (χ1n) is 8.80. The molecule has 0 aromatic heterocycles. The van der Waals surface area contributed by atoms with Crippen LogP contribution in [0.25, 0.3) is 0 Å². The Labute approximate surface area is 160 Å². The van der Waals surface area contributed by atoms with Crippen molar-refractivity contribution in [1.82, 2.24) is 5.32 Å². The molecule has 0 bridgehead atoms. The molecule has 0 saturated heterocycles. The minimum absolute atomic E-state index is 0.127. The highest BCUT2D eigenvalue weighted by atomic mass is 19.1. The average molecular weight is 377 g/mol. The van der Waals surface area contributed by atoms with Gasteiger partial charge in [-0.05, 0) is 17.1 Å². The quantitative estimate of drug-likeness (QED) is 0.330. The van der Waals surface area contributed by atoms with Crippen molar-refractivity contribution in [2.45, 2.75) is 20.5 Å². The van der Waals surface area contributed by atoms with Crippen molar-refractivity contribution in [3.63, 3.8) is 0 Å². The van der Waals surface area contributed by atoms with Gasteiger partial charge in [0.2, 0.25) is 0 Å². The van der Waals surface area contributed by atoms with Gasteiger partial charge in [0, 0.05) is 12.6 Å². The molecule has 0 radical (unpaired) electrons. The summed E-state index contributed by atoms with van der Waals surface area (Å²) in [5.74, 6) is -0.0998. The van der Waals surface area contributed by atoms with Gasteiger partial charge in [0.05, 0.1) is 13.2 Å². The van der Waals surface area contributed by atoms with E-state index in [1.54, 1.807) is 0 Å². The van der Waals surface area contributed by atoms with Crippen LogP contribution in [0.5, 0.6) is 0 Å². The number of halogens is 1.